The average molecular weight is 447 g/mol. The lowest BCUT2D eigenvalue weighted by Crippen LogP contribution is -2.65. The van der Waals surface area contributed by atoms with Crippen molar-refractivity contribution < 1.29 is 14.6 Å². The van der Waals surface area contributed by atoms with E-state index in [2.05, 4.69) is 53.5 Å². The fourth-order valence-corrected chi connectivity index (χ4v) is 5.95. The van der Waals surface area contributed by atoms with Crippen molar-refractivity contribution in [2.24, 2.45) is 11.3 Å². The highest BCUT2D eigenvalue weighted by atomic mass is 16.5. The van der Waals surface area contributed by atoms with Gasteiger partial charge < -0.3 is 15.2 Å². The summed E-state index contributed by atoms with van der Waals surface area (Å²) in [6.45, 7) is 5.34. The van der Waals surface area contributed by atoms with E-state index in [1.165, 1.54) is 24.8 Å². The number of carbonyl (C=O) groups is 1. The molecule has 2 aromatic carbocycles. The predicted octanol–water partition coefficient (Wildman–Crippen LogP) is 4.83. The van der Waals surface area contributed by atoms with Gasteiger partial charge in [-0.05, 0) is 54.7 Å². The molecule has 2 N–H and O–H groups in total. The van der Waals surface area contributed by atoms with Crippen molar-refractivity contribution in [3.63, 3.8) is 0 Å². The molecule has 5 heteroatoms. The molecule has 2 atom stereocenters. The molecule has 3 aliphatic rings. The third-order valence-corrected chi connectivity index (χ3v) is 7.68. The lowest BCUT2D eigenvalue weighted by Gasteiger charge is -2.59. The molecule has 0 radical (unpaired) electrons. The number of methoxy groups -OCH3 is 1. The van der Waals surface area contributed by atoms with Gasteiger partial charge in [0, 0.05) is 37.3 Å². The van der Waals surface area contributed by atoms with Gasteiger partial charge in [0.15, 0.2) is 0 Å². The lowest BCUT2D eigenvalue weighted by molar-refractivity contribution is -0.0836. The van der Waals surface area contributed by atoms with Gasteiger partial charge >= 0.3 is 5.97 Å². The highest BCUT2D eigenvalue weighted by molar-refractivity contribution is 5.88. The van der Waals surface area contributed by atoms with E-state index in [9.17, 15) is 9.90 Å². The number of aromatic carboxylic acids is 1. The first kappa shape index (κ1) is 22.2. The minimum atomic E-state index is -0.921. The molecule has 33 heavy (non-hydrogen) atoms. The molecule has 2 saturated carbocycles. The highest BCUT2D eigenvalue weighted by Crippen LogP contribution is 2.50. The number of carboxylic acid groups (broad SMARTS) is 1. The Bertz CT molecular complexity index is 1030. The van der Waals surface area contributed by atoms with Crippen LogP contribution in [-0.2, 0) is 6.54 Å². The van der Waals surface area contributed by atoms with Crippen molar-refractivity contribution in [2.75, 3.05) is 20.2 Å². The molecule has 0 unspecified atom stereocenters. The van der Waals surface area contributed by atoms with Gasteiger partial charge in [0.05, 0.1) is 12.7 Å². The summed E-state index contributed by atoms with van der Waals surface area (Å²) >= 11 is 0. The number of carboxylic acids is 1. The van der Waals surface area contributed by atoms with Crippen LogP contribution in [0.2, 0.25) is 0 Å². The molecule has 5 nitrogen and oxygen atoms in total. The van der Waals surface area contributed by atoms with Crippen LogP contribution in [0.1, 0.15) is 54.1 Å². The largest absolute Gasteiger partial charge is 0.496 e. The topological polar surface area (TPSA) is 61.8 Å². The van der Waals surface area contributed by atoms with Crippen LogP contribution in [-0.4, -0.2) is 48.3 Å². The molecular weight excluding hydrogens is 412 g/mol. The third-order valence-electron chi connectivity index (χ3n) is 7.68. The number of likely N-dealkylation sites (tertiary alicyclic amines) is 1. The maximum absolute atomic E-state index is 11.2. The minimum Gasteiger partial charge on any atom is -0.496 e. The summed E-state index contributed by atoms with van der Waals surface area (Å²) in [5.41, 5.74) is 4.69. The molecule has 0 bridgehead atoms. The SMILES string of the molecule is CC/C(=C\c1ccccc1)[C@@H]1C[C@H]1NC1CC2(C1)CN(Cc1ccc(C(=O)O)cc1OC)C2. The zero-order chi connectivity index (χ0) is 23.0. The van der Waals surface area contributed by atoms with Gasteiger partial charge in [-0.3, -0.25) is 4.90 Å². The summed E-state index contributed by atoms with van der Waals surface area (Å²) < 4.78 is 5.44. The maximum atomic E-state index is 11.2. The Morgan fingerprint density at radius 3 is 2.64 bits per heavy atom. The van der Waals surface area contributed by atoms with Crippen LogP contribution in [0.15, 0.2) is 54.1 Å². The summed E-state index contributed by atoms with van der Waals surface area (Å²) in [6.07, 6.45) is 7.32. The molecule has 3 fully saturated rings. The first-order valence-corrected chi connectivity index (χ1v) is 12.1. The van der Waals surface area contributed by atoms with Crippen molar-refractivity contribution in [3.8, 4) is 5.75 Å². The van der Waals surface area contributed by atoms with E-state index in [1.54, 1.807) is 24.8 Å². The summed E-state index contributed by atoms with van der Waals surface area (Å²) in [7, 11) is 1.61. The van der Waals surface area contributed by atoms with Crippen LogP contribution in [0.5, 0.6) is 5.75 Å². The van der Waals surface area contributed by atoms with E-state index in [-0.39, 0.29) is 5.56 Å². The molecule has 2 aromatic rings. The molecular formula is C28H34N2O3. The maximum Gasteiger partial charge on any atom is 0.335 e. The zero-order valence-corrected chi connectivity index (χ0v) is 19.6. The molecule has 0 amide bonds. The second-order valence-electron chi connectivity index (χ2n) is 10.2. The van der Waals surface area contributed by atoms with Crippen molar-refractivity contribution in [1.82, 2.24) is 10.2 Å². The molecule has 174 valence electrons. The van der Waals surface area contributed by atoms with E-state index in [0.29, 0.717) is 29.2 Å². The monoisotopic (exact) mass is 446 g/mol. The number of ether oxygens (including phenoxy) is 1. The normalized spacial score (nSPS) is 24.2. The number of benzene rings is 2. The van der Waals surface area contributed by atoms with Gasteiger partial charge in [-0.2, -0.15) is 0 Å². The van der Waals surface area contributed by atoms with E-state index >= 15 is 0 Å². The van der Waals surface area contributed by atoms with Gasteiger partial charge in [-0.25, -0.2) is 4.79 Å². The van der Waals surface area contributed by atoms with Crippen molar-refractivity contribution in [1.29, 1.82) is 0 Å². The predicted molar refractivity (Wildman–Crippen MR) is 130 cm³/mol. The molecule has 1 aliphatic heterocycles. The quantitative estimate of drug-likeness (QED) is 0.578. The summed E-state index contributed by atoms with van der Waals surface area (Å²) in [5, 5.41) is 13.1. The number of nitrogens with one attached hydrogen (secondary N) is 1. The lowest BCUT2D eigenvalue weighted by atomic mass is 9.60. The summed E-state index contributed by atoms with van der Waals surface area (Å²) in [5.74, 6) is 0.445. The molecule has 1 spiro atoms. The number of hydrogen-bond donors (Lipinski definition) is 2. The average Bonchev–Trinajstić information content (AvgIpc) is 3.54. The third kappa shape index (κ3) is 4.71. The van der Waals surface area contributed by atoms with E-state index in [0.717, 1.165) is 31.6 Å². The Kier molecular flexibility index (Phi) is 6.02. The van der Waals surface area contributed by atoms with Crippen LogP contribution in [0, 0.1) is 11.3 Å². The zero-order valence-electron chi connectivity index (χ0n) is 19.6. The number of rotatable bonds is 9. The molecule has 1 saturated heterocycles. The molecule has 0 aromatic heterocycles. The fourth-order valence-electron chi connectivity index (χ4n) is 5.95. The Morgan fingerprint density at radius 1 is 1.21 bits per heavy atom. The van der Waals surface area contributed by atoms with Crippen LogP contribution in [0.3, 0.4) is 0 Å². The van der Waals surface area contributed by atoms with Crippen LogP contribution in [0.25, 0.3) is 6.08 Å². The van der Waals surface area contributed by atoms with E-state index in [1.807, 2.05) is 6.07 Å². The molecule has 2 aliphatic carbocycles. The van der Waals surface area contributed by atoms with Crippen molar-refractivity contribution in [2.45, 2.75) is 51.2 Å². The van der Waals surface area contributed by atoms with Gasteiger partial charge in [0.2, 0.25) is 0 Å². The van der Waals surface area contributed by atoms with Gasteiger partial charge in [-0.1, -0.05) is 55.0 Å². The fraction of sp³-hybridized carbons (Fsp3) is 0.464. The first-order valence-electron chi connectivity index (χ1n) is 12.1. The van der Waals surface area contributed by atoms with Crippen LogP contribution in [0.4, 0.5) is 0 Å². The first-order chi connectivity index (χ1) is 16.0. The standard InChI is InChI=1S/C28H34N2O3/c1-3-20(11-19-7-5-4-6-8-19)24-13-25(24)29-23-14-28(15-23)17-30(18-28)16-22-10-9-21(27(31)32)12-26(22)33-2/h4-12,23-25,29H,3,13-18H2,1-2H3,(H,31,32)/b20-11+/t24-,25+/m0/s1. The Morgan fingerprint density at radius 2 is 1.97 bits per heavy atom. The Balaban J connectivity index is 1.08. The summed E-state index contributed by atoms with van der Waals surface area (Å²) in [4.78, 5) is 13.6. The highest BCUT2D eigenvalue weighted by Gasteiger charge is 2.53. The van der Waals surface area contributed by atoms with Gasteiger partial charge in [0.1, 0.15) is 5.75 Å². The van der Waals surface area contributed by atoms with Crippen molar-refractivity contribution >= 4 is 12.0 Å². The summed E-state index contributed by atoms with van der Waals surface area (Å²) in [6, 6.07) is 17.2. The Hall–Kier alpha value is -2.63. The van der Waals surface area contributed by atoms with Gasteiger partial charge in [0.25, 0.3) is 0 Å². The van der Waals surface area contributed by atoms with E-state index in [4.69, 9.17) is 4.74 Å². The molecule has 1 heterocycles. The van der Waals surface area contributed by atoms with Crippen LogP contribution < -0.4 is 10.1 Å². The van der Waals surface area contributed by atoms with Gasteiger partial charge in [-0.15, -0.1) is 0 Å². The van der Waals surface area contributed by atoms with Crippen molar-refractivity contribution in [3.05, 3.63) is 70.8 Å². The second kappa shape index (κ2) is 8.96. The minimum absolute atomic E-state index is 0.270. The number of nitrogens with zero attached hydrogens (tertiary/aromatic N) is 1. The Labute approximate surface area is 196 Å². The van der Waals surface area contributed by atoms with E-state index < -0.39 is 5.97 Å². The smallest absolute Gasteiger partial charge is 0.335 e. The number of hydrogen-bond acceptors (Lipinski definition) is 4. The second-order valence-corrected chi connectivity index (χ2v) is 10.2. The molecule has 5 rings (SSSR count). The van der Waals surface area contributed by atoms with Crippen LogP contribution >= 0.6 is 0 Å².